The van der Waals surface area contributed by atoms with Crippen LogP contribution in [-0.2, 0) is 0 Å². The Morgan fingerprint density at radius 3 is 2.40 bits per heavy atom. The third-order valence-corrected chi connectivity index (χ3v) is 2.43. The van der Waals surface area contributed by atoms with Crippen LogP contribution in [0.5, 0.6) is 0 Å². The first-order chi connectivity index (χ1) is 6.86. The summed E-state index contributed by atoms with van der Waals surface area (Å²) >= 11 is 5.73. The number of halogens is 4. The quantitative estimate of drug-likeness (QED) is 0.614. The third-order valence-electron chi connectivity index (χ3n) is 2.02. The van der Waals surface area contributed by atoms with Gasteiger partial charge in [-0.1, -0.05) is 23.7 Å². The van der Waals surface area contributed by atoms with Gasteiger partial charge in [0.1, 0.15) is 6.04 Å². The molecular formula is C9H10ClF3N2. The predicted octanol–water partition coefficient (Wildman–Crippen LogP) is 2.72. The summed E-state index contributed by atoms with van der Waals surface area (Å²) in [6.07, 6.45) is -4.44. The lowest BCUT2D eigenvalue weighted by atomic mass is 10.1. The number of hydrogen-bond donors (Lipinski definition) is 2. The Hall–Kier alpha value is -0.780. The molecule has 1 aromatic rings. The highest BCUT2D eigenvalue weighted by Gasteiger charge is 2.40. The molecule has 0 aromatic heterocycles. The molecule has 1 rings (SSSR count). The Kier molecular flexibility index (Phi) is 3.59. The summed E-state index contributed by atoms with van der Waals surface area (Å²) in [6.45, 7) is 1.71. The second-order valence-corrected chi connectivity index (χ2v) is 3.56. The lowest BCUT2D eigenvalue weighted by Crippen LogP contribution is -2.38. The number of rotatable bonds is 2. The van der Waals surface area contributed by atoms with Gasteiger partial charge in [-0.15, -0.1) is 0 Å². The number of nitrogens with two attached hydrogens (primary N) is 1. The standard InChI is InChI=1S/C9H10ClF3N2/c1-5-2-3-6(4-7(5)10)8(15-14)9(11,12)13/h2-4,8,15H,14H2,1H3. The molecule has 0 fully saturated rings. The average molecular weight is 239 g/mol. The van der Waals surface area contributed by atoms with E-state index >= 15 is 0 Å². The van der Waals surface area contributed by atoms with Crippen molar-refractivity contribution in [1.82, 2.24) is 5.43 Å². The highest BCUT2D eigenvalue weighted by Crippen LogP contribution is 2.33. The molecule has 3 N–H and O–H groups in total. The van der Waals surface area contributed by atoms with Crippen molar-refractivity contribution in [3.63, 3.8) is 0 Å². The smallest absolute Gasteiger partial charge is 0.271 e. The van der Waals surface area contributed by atoms with Gasteiger partial charge in [0.2, 0.25) is 0 Å². The normalized spacial score (nSPS) is 14.0. The van der Waals surface area contributed by atoms with Crippen molar-refractivity contribution in [2.75, 3.05) is 0 Å². The molecule has 0 aliphatic heterocycles. The average Bonchev–Trinajstić information content (AvgIpc) is 2.10. The molecule has 0 heterocycles. The summed E-state index contributed by atoms with van der Waals surface area (Å²) in [5.74, 6) is 4.87. The van der Waals surface area contributed by atoms with Crippen molar-refractivity contribution in [1.29, 1.82) is 0 Å². The molecule has 0 spiro atoms. The Morgan fingerprint density at radius 2 is 2.00 bits per heavy atom. The number of alkyl halides is 3. The molecule has 0 bridgehead atoms. The molecule has 0 saturated carbocycles. The molecule has 6 heteroatoms. The summed E-state index contributed by atoms with van der Waals surface area (Å²) in [4.78, 5) is 0. The topological polar surface area (TPSA) is 38.0 Å². The monoisotopic (exact) mass is 238 g/mol. The molecule has 84 valence electrons. The first-order valence-electron chi connectivity index (χ1n) is 4.15. The van der Waals surface area contributed by atoms with Gasteiger partial charge >= 0.3 is 6.18 Å². The van der Waals surface area contributed by atoms with E-state index in [-0.39, 0.29) is 10.6 Å². The zero-order chi connectivity index (χ0) is 11.6. The van der Waals surface area contributed by atoms with Crippen LogP contribution in [-0.4, -0.2) is 6.18 Å². The van der Waals surface area contributed by atoms with Crippen molar-refractivity contribution in [3.05, 3.63) is 34.3 Å². The van der Waals surface area contributed by atoms with Crippen molar-refractivity contribution in [3.8, 4) is 0 Å². The van der Waals surface area contributed by atoms with E-state index in [0.717, 1.165) is 5.56 Å². The fraction of sp³-hybridized carbons (Fsp3) is 0.333. The van der Waals surface area contributed by atoms with Gasteiger partial charge in [-0.05, 0) is 24.1 Å². The number of hydrazine groups is 1. The van der Waals surface area contributed by atoms with Gasteiger partial charge in [0.25, 0.3) is 0 Å². The van der Waals surface area contributed by atoms with E-state index in [9.17, 15) is 13.2 Å². The van der Waals surface area contributed by atoms with Gasteiger partial charge in [-0.3, -0.25) is 5.84 Å². The highest BCUT2D eigenvalue weighted by molar-refractivity contribution is 6.31. The maximum atomic E-state index is 12.5. The van der Waals surface area contributed by atoms with E-state index in [1.807, 2.05) is 0 Å². The minimum atomic E-state index is -4.44. The minimum absolute atomic E-state index is 0.000556. The Balaban J connectivity index is 3.08. The summed E-state index contributed by atoms with van der Waals surface area (Å²) in [6, 6.07) is 2.23. The lowest BCUT2D eigenvalue weighted by Gasteiger charge is -2.20. The molecule has 0 saturated heterocycles. The Bertz CT molecular complexity index is 352. The van der Waals surface area contributed by atoms with Gasteiger partial charge in [-0.25, -0.2) is 5.43 Å². The third kappa shape index (κ3) is 2.84. The molecule has 0 aliphatic rings. The van der Waals surface area contributed by atoms with Crippen LogP contribution in [0.3, 0.4) is 0 Å². The molecule has 15 heavy (non-hydrogen) atoms. The number of benzene rings is 1. The van der Waals surface area contributed by atoms with Crippen LogP contribution in [0, 0.1) is 6.92 Å². The van der Waals surface area contributed by atoms with Crippen LogP contribution in [0.15, 0.2) is 18.2 Å². The van der Waals surface area contributed by atoms with Crippen LogP contribution >= 0.6 is 11.6 Å². The minimum Gasteiger partial charge on any atom is -0.271 e. The van der Waals surface area contributed by atoms with Gasteiger partial charge in [0.05, 0.1) is 0 Å². The summed E-state index contributed by atoms with van der Waals surface area (Å²) < 4.78 is 37.4. The molecule has 0 aliphatic carbocycles. The zero-order valence-electron chi connectivity index (χ0n) is 7.90. The first-order valence-corrected chi connectivity index (χ1v) is 4.53. The second-order valence-electron chi connectivity index (χ2n) is 3.15. The molecule has 2 nitrogen and oxygen atoms in total. The molecule has 1 unspecified atom stereocenters. The van der Waals surface area contributed by atoms with E-state index < -0.39 is 12.2 Å². The second kappa shape index (κ2) is 4.38. The Morgan fingerprint density at radius 1 is 1.40 bits per heavy atom. The summed E-state index contributed by atoms with van der Waals surface area (Å²) in [5, 5.41) is 0.289. The lowest BCUT2D eigenvalue weighted by molar-refractivity contribution is -0.157. The van der Waals surface area contributed by atoms with Crippen LogP contribution in [0.25, 0.3) is 0 Å². The number of aryl methyl sites for hydroxylation is 1. The molecule has 1 aromatic carbocycles. The summed E-state index contributed by atoms with van der Waals surface area (Å²) in [7, 11) is 0. The molecular weight excluding hydrogens is 229 g/mol. The largest absolute Gasteiger partial charge is 0.409 e. The molecule has 0 radical (unpaired) electrons. The van der Waals surface area contributed by atoms with Gasteiger partial charge in [0.15, 0.2) is 0 Å². The zero-order valence-corrected chi connectivity index (χ0v) is 8.65. The van der Waals surface area contributed by atoms with Crippen LogP contribution < -0.4 is 11.3 Å². The predicted molar refractivity (Wildman–Crippen MR) is 52.3 cm³/mol. The van der Waals surface area contributed by atoms with E-state index in [1.54, 1.807) is 12.3 Å². The van der Waals surface area contributed by atoms with E-state index in [2.05, 4.69) is 0 Å². The van der Waals surface area contributed by atoms with E-state index in [0.29, 0.717) is 0 Å². The van der Waals surface area contributed by atoms with Crippen molar-refractivity contribution in [2.45, 2.75) is 19.1 Å². The highest BCUT2D eigenvalue weighted by atomic mass is 35.5. The van der Waals surface area contributed by atoms with Crippen LogP contribution in [0.4, 0.5) is 13.2 Å². The maximum Gasteiger partial charge on any atom is 0.409 e. The van der Waals surface area contributed by atoms with E-state index in [4.69, 9.17) is 17.4 Å². The number of nitrogens with one attached hydrogen (secondary N) is 1. The fourth-order valence-corrected chi connectivity index (χ4v) is 1.36. The van der Waals surface area contributed by atoms with Gasteiger partial charge in [-0.2, -0.15) is 13.2 Å². The van der Waals surface area contributed by atoms with Crippen LogP contribution in [0.2, 0.25) is 5.02 Å². The molecule has 1 atom stereocenters. The van der Waals surface area contributed by atoms with Crippen molar-refractivity contribution >= 4 is 11.6 Å². The van der Waals surface area contributed by atoms with Gasteiger partial charge < -0.3 is 0 Å². The van der Waals surface area contributed by atoms with E-state index in [1.165, 1.54) is 18.2 Å². The van der Waals surface area contributed by atoms with Gasteiger partial charge in [0, 0.05) is 5.02 Å². The fourth-order valence-electron chi connectivity index (χ4n) is 1.17. The summed E-state index contributed by atoms with van der Waals surface area (Å²) in [5.41, 5.74) is 2.44. The van der Waals surface area contributed by atoms with Crippen LogP contribution in [0.1, 0.15) is 17.2 Å². The van der Waals surface area contributed by atoms with Crippen molar-refractivity contribution in [2.24, 2.45) is 5.84 Å². The molecule has 0 amide bonds. The first kappa shape index (κ1) is 12.3. The number of hydrogen-bond acceptors (Lipinski definition) is 2. The maximum absolute atomic E-state index is 12.5. The van der Waals surface area contributed by atoms with Crippen molar-refractivity contribution < 1.29 is 13.2 Å². The Labute approximate surface area is 90.2 Å². The SMILES string of the molecule is Cc1ccc(C(NN)C(F)(F)F)cc1Cl.